The van der Waals surface area contributed by atoms with E-state index in [9.17, 15) is 18.0 Å². The van der Waals surface area contributed by atoms with Crippen LogP contribution in [0.15, 0.2) is 54.6 Å². The molecule has 2 aliphatic rings. The number of ether oxygens (including phenoxy) is 1. The average molecular weight is 608 g/mol. The number of aliphatic carboxylic acids is 2. The Morgan fingerprint density at radius 1 is 1.10 bits per heavy atom. The van der Waals surface area contributed by atoms with Crippen molar-refractivity contribution < 1.29 is 33.0 Å². The van der Waals surface area contributed by atoms with Crippen LogP contribution in [-0.4, -0.2) is 62.6 Å². The van der Waals surface area contributed by atoms with Gasteiger partial charge in [0.2, 0.25) is 10.0 Å². The van der Waals surface area contributed by atoms with Crippen LogP contribution >= 0.6 is 11.6 Å². The first-order chi connectivity index (χ1) is 19.6. The Balaban J connectivity index is 0.000000507. The van der Waals surface area contributed by atoms with E-state index < -0.39 is 22.0 Å². The molecule has 6 N–H and O–H groups in total. The second kappa shape index (κ2) is 15.3. The van der Waals surface area contributed by atoms with Crippen LogP contribution < -0.4 is 20.5 Å². The van der Waals surface area contributed by atoms with Crippen LogP contribution in [0.4, 0.5) is 0 Å². The van der Waals surface area contributed by atoms with Crippen LogP contribution in [0.2, 0.25) is 5.02 Å². The fraction of sp³-hybridized carbons (Fsp3) is 0.448. The second-order valence-corrected chi connectivity index (χ2v) is 12.4. The predicted octanol–water partition coefficient (Wildman–Crippen LogP) is 3.40. The summed E-state index contributed by atoms with van der Waals surface area (Å²) in [7, 11) is -3.29. The molecule has 0 aromatic heterocycles. The van der Waals surface area contributed by atoms with Crippen LogP contribution in [0, 0.1) is 0 Å². The normalized spacial score (nSPS) is 17.6. The molecular formula is C29H38ClN3O7S. The second-order valence-electron chi connectivity index (χ2n) is 10.1. The van der Waals surface area contributed by atoms with E-state index >= 15 is 0 Å². The summed E-state index contributed by atoms with van der Waals surface area (Å²) < 4.78 is 32.6. The fourth-order valence-electron chi connectivity index (χ4n) is 5.21. The highest BCUT2D eigenvalue weighted by Crippen LogP contribution is 2.53. The van der Waals surface area contributed by atoms with E-state index in [-0.39, 0.29) is 30.4 Å². The van der Waals surface area contributed by atoms with Crippen LogP contribution in [0.25, 0.3) is 0 Å². The summed E-state index contributed by atoms with van der Waals surface area (Å²) in [5, 5.41) is 20.2. The summed E-state index contributed by atoms with van der Waals surface area (Å²) in [6.45, 7) is 2.00. The average Bonchev–Trinajstić information content (AvgIpc) is 2.91. The first kappa shape index (κ1) is 32.6. The van der Waals surface area contributed by atoms with Gasteiger partial charge >= 0.3 is 11.9 Å². The number of carbonyl (C=O) groups is 2. The molecule has 0 amide bonds. The van der Waals surface area contributed by atoms with Gasteiger partial charge in [-0.15, -0.1) is 0 Å². The number of unbranched alkanes of at least 4 members (excludes halogenated alkanes) is 1. The summed E-state index contributed by atoms with van der Waals surface area (Å²) >= 11 is 6.15. The highest BCUT2D eigenvalue weighted by molar-refractivity contribution is 7.89. The molecule has 0 radical (unpaired) electrons. The Kier molecular flexibility index (Phi) is 12.2. The van der Waals surface area contributed by atoms with Crippen molar-refractivity contribution in [1.82, 2.24) is 10.0 Å². The maximum absolute atomic E-state index is 12.0. The summed E-state index contributed by atoms with van der Waals surface area (Å²) in [4.78, 5) is 19.1. The van der Waals surface area contributed by atoms with Crippen molar-refractivity contribution in [3.63, 3.8) is 0 Å². The molecule has 1 fully saturated rings. The first-order valence-corrected chi connectivity index (χ1v) is 15.7. The van der Waals surface area contributed by atoms with E-state index in [2.05, 4.69) is 34.3 Å². The van der Waals surface area contributed by atoms with Gasteiger partial charge in [0.05, 0.1) is 5.75 Å². The monoisotopic (exact) mass is 607 g/mol. The molecule has 1 saturated carbocycles. The summed E-state index contributed by atoms with van der Waals surface area (Å²) in [5.41, 5.74) is 9.48. The third-order valence-corrected chi connectivity index (χ3v) is 9.04. The van der Waals surface area contributed by atoms with Gasteiger partial charge in [-0.05, 0) is 86.1 Å². The molecule has 2 aromatic rings. The Bertz CT molecular complexity index is 1300. The Labute approximate surface area is 246 Å². The lowest BCUT2D eigenvalue weighted by atomic mass is 9.58. The summed E-state index contributed by atoms with van der Waals surface area (Å²) in [6.07, 6.45) is 6.89. The van der Waals surface area contributed by atoms with Crippen LogP contribution in [0.1, 0.15) is 54.8 Å². The van der Waals surface area contributed by atoms with Crippen molar-refractivity contribution in [3.05, 3.63) is 76.3 Å². The van der Waals surface area contributed by atoms with Gasteiger partial charge in [0.25, 0.3) is 0 Å². The number of carboxylic acids is 2. The topological polar surface area (TPSA) is 168 Å². The standard InChI is InChI=1S/C25H34ClN3O3S.C4H4O4/c26-21-7-5-20(6-8-21)25(11-3-12-25)24-23-18-22(9-4-19(23)10-14-28-24)32-16-15-29-33(30,31)17-2-1-13-27;5-3(6)1-2-4(7)8/h4-9,18,24,28-29H,1-3,10-17,27H2;1-2H,(H,5,6)(H,7,8). The van der Waals surface area contributed by atoms with Gasteiger partial charge in [0, 0.05) is 35.2 Å². The number of hydrogen-bond donors (Lipinski definition) is 5. The van der Waals surface area contributed by atoms with Crippen molar-refractivity contribution in [2.75, 3.05) is 32.0 Å². The fourth-order valence-corrected chi connectivity index (χ4v) is 6.46. The number of rotatable bonds is 13. The summed E-state index contributed by atoms with van der Waals surface area (Å²) in [5.74, 6) is -1.64. The molecule has 41 heavy (non-hydrogen) atoms. The number of hydrogen-bond acceptors (Lipinski definition) is 7. The van der Waals surface area contributed by atoms with Gasteiger partial charge in [-0.25, -0.2) is 22.7 Å². The molecule has 1 heterocycles. The minimum absolute atomic E-state index is 0.0670. The summed E-state index contributed by atoms with van der Waals surface area (Å²) in [6, 6.07) is 14.8. The zero-order chi connectivity index (χ0) is 29.9. The maximum Gasteiger partial charge on any atom is 0.328 e. The molecule has 0 bridgehead atoms. The third kappa shape index (κ3) is 9.54. The molecule has 1 unspecified atom stereocenters. The molecule has 1 atom stereocenters. The van der Waals surface area contributed by atoms with Crippen LogP contribution in [0.5, 0.6) is 5.75 Å². The number of fused-ring (bicyclic) bond motifs is 1. The van der Waals surface area contributed by atoms with E-state index in [0.29, 0.717) is 31.5 Å². The number of benzene rings is 2. The van der Waals surface area contributed by atoms with Crippen LogP contribution in [-0.2, 0) is 31.4 Å². The Morgan fingerprint density at radius 3 is 2.37 bits per heavy atom. The maximum atomic E-state index is 12.0. The SMILES string of the molecule is NCCCCS(=O)(=O)NCCOc1ccc2c(c1)C(C1(c3ccc(Cl)cc3)CCC1)NCC2.O=C(O)C=CC(=O)O. The van der Waals surface area contributed by atoms with E-state index in [1.165, 1.54) is 23.1 Å². The van der Waals surface area contributed by atoms with E-state index in [1.54, 1.807) is 0 Å². The van der Waals surface area contributed by atoms with Crippen molar-refractivity contribution >= 4 is 33.6 Å². The minimum Gasteiger partial charge on any atom is -0.492 e. The largest absolute Gasteiger partial charge is 0.492 e. The van der Waals surface area contributed by atoms with Crippen molar-refractivity contribution in [3.8, 4) is 5.75 Å². The molecule has 12 heteroatoms. The first-order valence-electron chi connectivity index (χ1n) is 13.6. The highest BCUT2D eigenvalue weighted by Gasteiger charge is 2.47. The number of carboxylic acid groups (broad SMARTS) is 2. The zero-order valence-corrected chi connectivity index (χ0v) is 24.4. The van der Waals surface area contributed by atoms with Crippen molar-refractivity contribution in [2.45, 2.75) is 50.0 Å². The quantitative estimate of drug-likeness (QED) is 0.169. The lowest BCUT2D eigenvalue weighted by molar-refractivity contribution is -0.134. The Hall–Kier alpha value is -2.96. The molecule has 4 rings (SSSR count). The van der Waals surface area contributed by atoms with Gasteiger partial charge in [-0.2, -0.15) is 0 Å². The third-order valence-electron chi connectivity index (χ3n) is 7.32. The number of sulfonamides is 1. The van der Waals surface area contributed by atoms with Gasteiger partial charge in [-0.3, -0.25) is 0 Å². The number of halogens is 1. The van der Waals surface area contributed by atoms with Gasteiger partial charge in [0.15, 0.2) is 0 Å². The Morgan fingerprint density at radius 2 is 1.78 bits per heavy atom. The number of nitrogens with two attached hydrogens (primary N) is 1. The highest BCUT2D eigenvalue weighted by atomic mass is 35.5. The molecule has 2 aromatic carbocycles. The van der Waals surface area contributed by atoms with Gasteiger partial charge in [-0.1, -0.05) is 36.2 Å². The molecule has 0 saturated heterocycles. The van der Waals surface area contributed by atoms with Crippen molar-refractivity contribution in [2.24, 2.45) is 5.73 Å². The minimum atomic E-state index is -3.29. The van der Waals surface area contributed by atoms with Crippen LogP contribution in [0.3, 0.4) is 0 Å². The smallest absolute Gasteiger partial charge is 0.328 e. The molecule has 1 aliphatic heterocycles. The van der Waals surface area contributed by atoms with Gasteiger partial charge < -0.3 is 26.0 Å². The van der Waals surface area contributed by atoms with E-state index in [4.69, 9.17) is 32.3 Å². The molecule has 1 aliphatic carbocycles. The lowest BCUT2D eigenvalue weighted by Gasteiger charge is -2.50. The predicted molar refractivity (Wildman–Crippen MR) is 158 cm³/mol. The molecule has 10 nitrogen and oxygen atoms in total. The molecule has 224 valence electrons. The van der Waals surface area contributed by atoms with Gasteiger partial charge in [0.1, 0.15) is 12.4 Å². The number of nitrogens with one attached hydrogen (secondary N) is 2. The molecule has 0 spiro atoms. The zero-order valence-electron chi connectivity index (χ0n) is 22.9. The molecular weight excluding hydrogens is 570 g/mol. The van der Waals surface area contributed by atoms with E-state index in [0.717, 1.165) is 36.6 Å². The van der Waals surface area contributed by atoms with E-state index in [1.807, 2.05) is 18.2 Å². The lowest BCUT2D eigenvalue weighted by Crippen LogP contribution is -2.49. The van der Waals surface area contributed by atoms with Crippen molar-refractivity contribution in [1.29, 1.82) is 0 Å².